The number of halogens is 1. The molecule has 2 aromatic rings. The highest BCUT2D eigenvalue weighted by Gasteiger charge is 2.16. The van der Waals surface area contributed by atoms with E-state index < -0.39 is 6.10 Å². The van der Waals surface area contributed by atoms with Gasteiger partial charge in [0.1, 0.15) is 23.0 Å². The van der Waals surface area contributed by atoms with E-state index in [-0.39, 0.29) is 0 Å². The summed E-state index contributed by atoms with van der Waals surface area (Å²) in [4.78, 5) is 0. The number of ether oxygens (including phenoxy) is 3. The first-order valence-electron chi connectivity index (χ1n) is 6.43. The predicted molar refractivity (Wildman–Crippen MR) is 84.4 cm³/mol. The Labute approximate surface area is 132 Å². The van der Waals surface area contributed by atoms with Gasteiger partial charge in [0.05, 0.1) is 30.4 Å². The third-order valence-electron chi connectivity index (χ3n) is 3.02. The summed E-state index contributed by atoms with van der Waals surface area (Å²) in [7, 11) is 3.17. The molecule has 0 spiro atoms. The molecule has 0 unspecified atom stereocenters. The molecule has 0 aromatic heterocycles. The van der Waals surface area contributed by atoms with Crippen LogP contribution in [0.2, 0.25) is 0 Å². The molecule has 0 aliphatic heterocycles. The van der Waals surface area contributed by atoms with Crippen molar-refractivity contribution in [3.8, 4) is 23.0 Å². The van der Waals surface area contributed by atoms with Gasteiger partial charge in [0, 0.05) is 0 Å². The summed E-state index contributed by atoms with van der Waals surface area (Å²) >= 11 is 3.44. The second kappa shape index (κ2) is 6.83. The molecule has 5 heteroatoms. The average Bonchev–Trinajstić information content (AvgIpc) is 2.48. The number of aliphatic hydroxyl groups excluding tert-OH is 1. The fourth-order valence-electron chi connectivity index (χ4n) is 2.01. The van der Waals surface area contributed by atoms with Crippen molar-refractivity contribution in [3.05, 3.63) is 46.4 Å². The van der Waals surface area contributed by atoms with Gasteiger partial charge in [0.2, 0.25) is 0 Å². The predicted octanol–water partition coefficient (Wildman–Crippen LogP) is 4.31. The Balaban J connectivity index is 2.40. The smallest absolute Gasteiger partial charge is 0.141 e. The topological polar surface area (TPSA) is 47.9 Å². The van der Waals surface area contributed by atoms with Crippen molar-refractivity contribution in [1.29, 1.82) is 0 Å². The zero-order chi connectivity index (χ0) is 15.4. The summed E-state index contributed by atoms with van der Waals surface area (Å²) in [5.41, 5.74) is 0.614. The first kappa shape index (κ1) is 15.7. The van der Waals surface area contributed by atoms with E-state index in [1.807, 2.05) is 18.2 Å². The highest BCUT2D eigenvalue weighted by atomic mass is 79.9. The van der Waals surface area contributed by atoms with Crippen LogP contribution in [0.25, 0.3) is 0 Å². The van der Waals surface area contributed by atoms with Gasteiger partial charge in [-0.05, 0) is 53.2 Å². The molecule has 0 aliphatic rings. The Morgan fingerprint density at radius 2 is 1.71 bits per heavy atom. The highest BCUT2D eigenvalue weighted by molar-refractivity contribution is 9.10. The van der Waals surface area contributed by atoms with Crippen LogP contribution in [0.15, 0.2) is 40.9 Å². The molecule has 0 saturated carbocycles. The summed E-state index contributed by atoms with van der Waals surface area (Å²) < 4.78 is 17.1. The first-order valence-corrected chi connectivity index (χ1v) is 7.22. The second-order valence-corrected chi connectivity index (χ2v) is 5.30. The monoisotopic (exact) mass is 352 g/mol. The molecule has 1 atom stereocenters. The fraction of sp³-hybridized carbons (Fsp3) is 0.250. The zero-order valence-corrected chi connectivity index (χ0v) is 13.7. The van der Waals surface area contributed by atoms with Gasteiger partial charge >= 0.3 is 0 Å². The van der Waals surface area contributed by atoms with Crippen molar-refractivity contribution in [2.45, 2.75) is 13.0 Å². The van der Waals surface area contributed by atoms with Crippen LogP contribution < -0.4 is 14.2 Å². The second-order valence-electron chi connectivity index (χ2n) is 4.45. The van der Waals surface area contributed by atoms with Crippen molar-refractivity contribution in [3.63, 3.8) is 0 Å². The molecule has 0 aliphatic carbocycles. The number of methoxy groups -OCH3 is 2. The van der Waals surface area contributed by atoms with Crippen molar-refractivity contribution >= 4 is 15.9 Å². The van der Waals surface area contributed by atoms with Crippen LogP contribution in [0.4, 0.5) is 0 Å². The molecular formula is C16H17BrO4. The molecule has 0 saturated heterocycles. The maximum absolute atomic E-state index is 9.95. The van der Waals surface area contributed by atoms with Gasteiger partial charge in [0.25, 0.3) is 0 Å². The maximum Gasteiger partial charge on any atom is 0.141 e. The fourth-order valence-corrected chi connectivity index (χ4v) is 2.45. The van der Waals surface area contributed by atoms with Crippen molar-refractivity contribution < 1.29 is 19.3 Å². The van der Waals surface area contributed by atoms with Gasteiger partial charge in [0.15, 0.2) is 0 Å². The first-order chi connectivity index (χ1) is 10.1. The van der Waals surface area contributed by atoms with Gasteiger partial charge in [-0.2, -0.15) is 0 Å². The Hall–Kier alpha value is -1.72. The minimum Gasteiger partial charge on any atom is -0.497 e. The summed E-state index contributed by atoms with van der Waals surface area (Å²) in [6.45, 7) is 1.67. The van der Waals surface area contributed by atoms with Gasteiger partial charge in [-0.1, -0.05) is 6.07 Å². The van der Waals surface area contributed by atoms with Crippen LogP contribution in [-0.4, -0.2) is 19.3 Å². The Bertz CT molecular complexity index is 626. The van der Waals surface area contributed by atoms with E-state index in [1.54, 1.807) is 39.3 Å². The number of rotatable bonds is 5. The largest absolute Gasteiger partial charge is 0.497 e. The van der Waals surface area contributed by atoms with E-state index in [9.17, 15) is 5.11 Å². The van der Waals surface area contributed by atoms with Crippen LogP contribution in [0.5, 0.6) is 23.0 Å². The van der Waals surface area contributed by atoms with Gasteiger partial charge < -0.3 is 19.3 Å². The summed E-state index contributed by atoms with van der Waals surface area (Å²) in [6.07, 6.45) is -0.701. The van der Waals surface area contributed by atoms with Crippen LogP contribution in [0.1, 0.15) is 18.6 Å². The minimum atomic E-state index is -0.701. The lowest BCUT2D eigenvalue weighted by Gasteiger charge is -2.17. The van der Waals surface area contributed by atoms with Crippen LogP contribution >= 0.6 is 15.9 Å². The lowest BCUT2D eigenvalue weighted by Crippen LogP contribution is -2.00. The van der Waals surface area contributed by atoms with E-state index in [4.69, 9.17) is 14.2 Å². The average molecular weight is 353 g/mol. The lowest BCUT2D eigenvalue weighted by molar-refractivity contribution is 0.190. The number of hydrogen-bond acceptors (Lipinski definition) is 4. The van der Waals surface area contributed by atoms with E-state index in [0.717, 1.165) is 10.2 Å². The van der Waals surface area contributed by atoms with Gasteiger partial charge in [-0.3, -0.25) is 0 Å². The van der Waals surface area contributed by atoms with Crippen molar-refractivity contribution in [2.24, 2.45) is 0 Å². The number of aliphatic hydroxyl groups is 1. The van der Waals surface area contributed by atoms with Gasteiger partial charge in [-0.15, -0.1) is 0 Å². The Morgan fingerprint density at radius 1 is 1.00 bits per heavy atom. The molecule has 4 nitrogen and oxygen atoms in total. The summed E-state index contributed by atoms with van der Waals surface area (Å²) in [6, 6.07) is 10.8. The molecule has 1 N–H and O–H groups in total. The van der Waals surface area contributed by atoms with E-state index in [0.29, 0.717) is 22.8 Å². The molecular weight excluding hydrogens is 336 g/mol. The molecule has 0 fully saturated rings. The van der Waals surface area contributed by atoms with Crippen LogP contribution in [0, 0.1) is 0 Å². The van der Waals surface area contributed by atoms with Crippen molar-refractivity contribution in [1.82, 2.24) is 0 Å². The maximum atomic E-state index is 9.95. The number of benzene rings is 2. The third-order valence-corrected chi connectivity index (χ3v) is 3.64. The Morgan fingerprint density at radius 3 is 2.29 bits per heavy atom. The van der Waals surface area contributed by atoms with Crippen LogP contribution in [-0.2, 0) is 0 Å². The molecule has 112 valence electrons. The molecule has 0 radical (unpaired) electrons. The SMILES string of the molecule is COc1ccc(Oc2cccc(OC)c2[C@H](C)O)c(Br)c1. The van der Waals surface area contributed by atoms with Gasteiger partial charge in [-0.25, -0.2) is 0 Å². The Kier molecular flexibility index (Phi) is 5.09. The third kappa shape index (κ3) is 3.49. The molecule has 0 bridgehead atoms. The van der Waals surface area contributed by atoms with E-state index >= 15 is 0 Å². The molecule has 21 heavy (non-hydrogen) atoms. The van der Waals surface area contributed by atoms with Crippen molar-refractivity contribution in [2.75, 3.05) is 14.2 Å². The normalized spacial score (nSPS) is 11.9. The summed E-state index contributed by atoms with van der Waals surface area (Å²) in [5.74, 6) is 2.50. The highest BCUT2D eigenvalue weighted by Crippen LogP contribution is 2.39. The lowest BCUT2D eigenvalue weighted by atomic mass is 10.1. The van der Waals surface area contributed by atoms with Crippen LogP contribution in [0.3, 0.4) is 0 Å². The molecule has 2 aromatic carbocycles. The molecule has 0 amide bonds. The molecule has 0 heterocycles. The van der Waals surface area contributed by atoms with E-state index in [1.165, 1.54) is 0 Å². The quantitative estimate of drug-likeness (QED) is 0.870. The minimum absolute atomic E-state index is 0.551. The van der Waals surface area contributed by atoms with E-state index in [2.05, 4.69) is 15.9 Å². The zero-order valence-electron chi connectivity index (χ0n) is 12.1. The molecule has 2 rings (SSSR count). The standard InChI is InChI=1S/C16H17BrO4/c1-10(18)16-14(20-3)5-4-6-15(16)21-13-8-7-11(19-2)9-12(13)17/h4-10,18H,1-3H3/t10-/m0/s1. The number of hydrogen-bond donors (Lipinski definition) is 1. The summed E-state index contributed by atoms with van der Waals surface area (Å²) in [5, 5.41) is 9.95.